The lowest BCUT2D eigenvalue weighted by atomic mass is 10.0. The van der Waals surface area contributed by atoms with Crippen molar-refractivity contribution in [3.63, 3.8) is 0 Å². The fraction of sp³-hybridized carbons (Fsp3) is 0.500. The van der Waals surface area contributed by atoms with Gasteiger partial charge in [0.25, 0.3) is 0 Å². The summed E-state index contributed by atoms with van der Waals surface area (Å²) in [5.41, 5.74) is 6.13. The number of nitrogens with two attached hydrogens (primary N) is 1. The average molecular weight is 289 g/mol. The van der Waals surface area contributed by atoms with Crippen LogP contribution in [0.25, 0.3) is 0 Å². The number of halogens is 3. The number of rotatable bonds is 7. The summed E-state index contributed by atoms with van der Waals surface area (Å²) in [4.78, 5) is 11.7. The topological polar surface area (TPSA) is 52.3 Å². The Balaban J connectivity index is 2.47. The molecule has 0 fully saturated rings. The maximum absolute atomic E-state index is 12.0. The second-order valence-corrected chi connectivity index (χ2v) is 4.79. The van der Waals surface area contributed by atoms with E-state index in [-0.39, 0.29) is 18.0 Å². The van der Waals surface area contributed by atoms with Crippen molar-refractivity contribution in [3.8, 4) is 5.75 Å². The summed E-state index contributed by atoms with van der Waals surface area (Å²) in [7, 11) is 0. The third kappa shape index (κ3) is 6.56. The predicted octanol–water partition coefficient (Wildman–Crippen LogP) is 3.07. The largest absolute Gasteiger partial charge is 0.573 e. The molecule has 1 aromatic carbocycles. The highest BCUT2D eigenvalue weighted by atomic mass is 19.4. The van der Waals surface area contributed by atoms with Crippen LogP contribution in [0.1, 0.15) is 25.3 Å². The minimum Gasteiger partial charge on any atom is -0.406 e. The zero-order chi connectivity index (χ0) is 15.2. The van der Waals surface area contributed by atoms with E-state index in [0.29, 0.717) is 24.4 Å². The highest BCUT2D eigenvalue weighted by molar-refractivity contribution is 5.80. The van der Waals surface area contributed by atoms with Gasteiger partial charge in [0.05, 0.1) is 0 Å². The molecule has 112 valence electrons. The number of Topliss-reactive ketones (excluding diaryl/α,β-unsaturated/α-hetero) is 1. The van der Waals surface area contributed by atoms with E-state index in [1.165, 1.54) is 24.3 Å². The van der Waals surface area contributed by atoms with Gasteiger partial charge in [0, 0.05) is 12.8 Å². The van der Waals surface area contributed by atoms with Crippen LogP contribution in [0, 0.1) is 5.92 Å². The van der Waals surface area contributed by atoms with Crippen molar-refractivity contribution in [2.45, 2.75) is 32.5 Å². The van der Waals surface area contributed by atoms with Gasteiger partial charge in [0.15, 0.2) is 0 Å². The van der Waals surface area contributed by atoms with Crippen molar-refractivity contribution in [1.29, 1.82) is 0 Å². The van der Waals surface area contributed by atoms with Gasteiger partial charge >= 0.3 is 6.36 Å². The Bertz CT molecular complexity index is 429. The van der Waals surface area contributed by atoms with E-state index in [2.05, 4.69) is 4.74 Å². The molecule has 1 atom stereocenters. The van der Waals surface area contributed by atoms with E-state index in [0.717, 1.165) is 6.42 Å². The van der Waals surface area contributed by atoms with E-state index < -0.39 is 6.36 Å². The van der Waals surface area contributed by atoms with Crippen molar-refractivity contribution in [2.24, 2.45) is 11.7 Å². The minimum absolute atomic E-state index is 0.0507. The minimum atomic E-state index is -4.70. The number of carbonyl (C=O) groups excluding carboxylic acids is 1. The lowest BCUT2D eigenvalue weighted by Crippen LogP contribution is -2.17. The van der Waals surface area contributed by atoms with Crippen molar-refractivity contribution in [1.82, 2.24) is 0 Å². The van der Waals surface area contributed by atoms with Crippen LogP contribution in [0.5, 0.6) is 5.75 Å². The molecule has 0 heterocycles. The third-order valence-electron chi connectivity index (χ3n) is 2.88. The second kappa shape index (κ2) is 7.28. The van der Waals surface area contributed by atoms with Gasteiger partial charge < -0.3 is 10.5 Å². The van der Waals surface area contributed by atoms with E-state index in [1.54, 1.807) is 0 Å². The molecule has 20 heavy (non-hydrogen) atoms. The maximum atomic E-state index is 12.0. The predicted molar refractivity (Wildman–Crippen MR) is 69.3 cm³/mol. The lowest BCUT2D eigenvalue weighted by Gasteiger charge is -2.09. The van der Waals surface area contributed by atoms with Crippen LogP contribution in [0.3, 0.4) is 0 Å². The van der Waals surface area contributed by atoms with Gasteiger partial charge in [-0.2, -0.15) is 0 Å². The number of benzene rings is 1. The van der Waals surface area contributed by atoms with Crippen molar-refractivity contribution >= 4 is 5.78 Å². The summed E-state index contributed by atoms with van der Waals surface area (Å²) in [5.74, 6) is 0.0572. The molecule has 0 aliphatic carbocycles. The summed E-state index contributed by atoms with van der Waals surface area (Å²) in [5, 5.41) is 0. The first-order valence-corrected chi connectivity index (χ1v) is 6.36. The van der Waals surface area contributed by atoms with E-state index in [1.807, 2.05) is 6.92 Å². The van der Waals surface area contributed by atoms with Gasteiger partial charge in [-0.15, -0.1) is 13.2 Å². The molecular formula is C14H18F3NO2. The zero-order valence-electron chi connectivity index (χ0n) is 11.2. The Hall–Kier alpha value is -1.56. The molecule has 0 aromatic heterocycles. The Morgan fingerprint density at radius 3 is 2.40 bits per heavy atom. The monoisotopic (exact) mass is 289 g/mol. The molecule has 3 nitrogen and oxygen atoms in total. The van der Waals surface area contributed by atoms with E-state index in [9.17, 15) is 18.0 Å². The summed E-state index contributed by atoms with van der Waals surface area (Å²) in [6, 6.07) is 5.34. The average Bonchev–Trinajstić information content (AvgIpc) is 2.36. The molecule has 0 saturated carbocycles. The van der Waals surface area contributed by atoms with Gasteiger partial charge in [0.2, 0.25) is 0 Å². The number of hydrogen-bond donors (Lipinski definition) is 1. The lowest BCUT2D eigenvalue weighted by molar-refractivity contribution is -0.274. The van der Waals surface area contributed by atoms with E-state index in [4.69, 9.17) is 5.73 Å². The molecular weight excluding hydrogens is 271 g/mol. The van der Waals surface area contributed by atoms with Crippen LogP contribution in [0.4, 0.5) is 13.2 Å². The summed E-state index contributed by atoms with van der Waals surface area (Å²) in [6.07, 6.45) is -3.33. The standard InChI is InChI=1S/C14H18F3NO2/c1-10(9-18)2-5-12(19)8-11-3-6-13(7-4-11)20-14(15,16)17/h3-4,6-7,10H,2,5,8-9,18H2,1H3. The van der Waals surface area contributed by atoms with Crippen LogP contribution < -0.4 is 10.5 Å². The summed E-state index contributed by atoms with van der Waals surface area (Å²) < 4.78 is 39.7. The van der Waals surface area contributed by atoms with Crippen LogP contribution in [-0.2, 0) is 11.2 Å². The van der Waals surface area contributed by atoms with Crippen LogP contribution in [-0.4, -0.2) is 18.7 Å². The molecule has 0 amide bonds. The molecule has 0 radical (unpaired) electrons. The van der Waals surface area contributed by atoms with Gasteiger partial charge in [-0.05, 0) is 36.6 Å². The SMILES string of the molecule is CC(CN)CCC(=O)Cc1ccc(OC(F)(F)F)cc1. The van der Waals surface area contributed by atoms with Crippen molar-refractivity contribution < 1.29 is 22.7 Å². The smallest absolute Gasteiger partial charge is 0.406 e. The van der Waals surface area contributed by atoms with Gasteiger partial charge in [-0.1, -0.05) is 19.1 Å². The number of carbonyl (C=O) groups is 1. The summed E-state index contributed by atoms with van der Waals surface area (Å²) >= 11 is 0. The first-order chi connectivity index (χ1) is 9.30. The molecule has 0 saturated heterocycles. The highest BCUT2D eigenvalue weighted by Crippen LogP contribution is 2.23. The van der Waals surface area contributed by atoms with Crippen molar-refractivity contribution in [3.05, 3.63) is 29.8 Å². The van der Waals surface area contributed by atoms with Crippen LogP contribution in [0.15, 0.2) is 24.3 Å². The molecule has 1 rings (SSSR count). The molecule has 0 aliphatic rings. The van der Waals surface area contributed by atoms with Gasteiger partial charge in [-0.3, -0.25) is 4.79 Å². The van der Waals surface area contributed by atoms with Crippen LogP contribution >= 0.6 is 0 Å². The number of ether oxygens (including phenoxy) is 1. The summed E-state index contributed by atoms with van der Waals surface area (Å²) in [6.45, 7) is 2.51. The van der Waals surface area contributed by atoms with Crippen LogP contribution in [0.2, 0.25) is 0 Å². The van der Waals surface area contributed by atoms with Gasteiger partial charge in [-0.25, -0.2) is 0 Å². The Kier molecular flexibility index (Phi) is 6.01. The molecule has 0 aliphatic heterocycles. The molecule has 0 bridgehead atoms. The highest BCUT2D eigenvalue weighted by Gasteiger charge is 2.30. The fourth-order valence-corrected chi connectivity index (χ4v) is 1.65. The second-order valence-electron chi connectivity index (χ2n) is 4.79. The number of alkyl halides is 3. The first kappa shape index (κ1) is 16.5. The zero-order valence-corrected chi connectivity index (χ0v) is 11.2. The Labute approximate surface area is 115 Å². The first-order valence-electron chi connectivity index (χ1n) is 6.36. The number of ketones is 1. The molecule has 6 heteroatoms. The normalized spacial score (nSPS) is 13.1. The molecule has 1 aromatic rings. The number of hydrogen-bond acceptors (Lipinski definition) is 3. The maximum Gasteiger partial charge on any atom is 0.573 e. The molecule has 2 N–H and O–H groups in total. The Morgan fingerprint density at radius 1 is 1.30 bits per heavy atom. The quantitative estimate of drug-likeness (QED) is 0.839. The molecule has 1 unspecified atom stereocenters. The Morgan fingerprint density at radius 2 is 1.90 bits per heavy atom. The fourth-order valence-electron chi connectivity index (χ4n) is 1.65. The van der Waals surface area contributed by atoms with Gasteiger partial charge in [0.1, 0.15) is 11.5 Å². The van der Waals surface area contributed by atoms with Crippen molar-refractivity contribution in [2.75, 3.05) is 6.54 Å². The van der Waals surface area contributed by atoms with E-state index >= 15 is 0 Å². The third-order valence-corrected chi connectivity index (χ3v) is 2.88. The molecule has 0 spiro atoms.